The predicted molar refractivity (Wildman–Crippen MR) is 57.3 cm³/mol. The summed E-state index contributed by atoms with van der Waals surface area (Å²) in [5, 5.41) is 13.3. The highest BCUT2D eigenvalue weighted by molar-refractivity contribution is 4.92. The van der Waals surface area contributed by atoms with Gasteiger partial charge in [0.05, 0.1) is 19.1 Å². The van der Waals surface area contributed by atoms with Crippen LogP contribution in [0.1, 0.15) is 24.6 Å². The molecule has 0 saturated heterocycles. The third kappa shape index (κ3) is 5.15. The number of hydrogen-bond acceptors (Lipinski definition) is 5. The van der Waals surface area contributed by atoms with Crippen molar-refractivity contribution in [3.8, 4) is 0 Å². The van der Waals surface area contributed by atoms with Crippen LogP contribution in [0.3, 0.4) is 0 Å². The summed E-state index contributed by atoms with van der Waals surface area (Å²) in [7, 11) is 0. The topological polar surface area (TPSA) is 68.4 Å². The van der Waals surface area contributed by atoms with Gasteiger partial charge in [0.1, 0.15) is 6.61 Å². The number of ether oxygens (including phenoxy) is 1. The normalized spacial score (nSPS) is 17.7. The number of nitrogens with zero attached hydrogens (tertiary/aromatic N) is 2. The van der Waals surface area contributed by atoms with Gasteiger partial charge in [-0.2, -0.15) is 18.2 Å². The fraction of sp³-hybridized carbons (Fsp3) is 0.818. The summed E-state index contributed by atoms with van der Waals surface area (Å²) in [5.74, 6) is 0.913. The molecule has 1 aromatic rings. The van der Waals surface area contributed by atoms with Gasteiger partial charge in [0.25, 0.3) is 0 Å². The Morgan fingerprint density at radius 2 is 2.16 bits per heavy atom. The van der Waals surface area contributed by atoms with Crippen molar-refractivity contribution >= 4 is 0 Å². The summed E-state index contributed by atoms with van der Waals surface area (Å²) in [4.78, 5) is 4.00. The molecule has 0 bridgehead atoms. The van der Waals surface area contributed by atoms with Crippen LogP contribution in [0.2, 0.25) is 0 Å². The zero-order valence-corrected chi connectivity index (χ0v) is 10.2. The summed E-state index contributed by atoms with van der Waals surface area (Å²) in [6.07, 6.45) is -2.34. The molecule has 1 N–H and O–H groups in total. The van der Waals surface area contributed by atoms with E-state index in [4.69, 9.17) is 4.52 Å². The van der Waals surface area contributed by atoms with Gasteiger partial charge < -0.3 is 14.4 Å². The van der Waals surface area contributed by atoms with E-state index in [1.54, 1.807) is 0 Å². The number of aromatic nitrogens is 2. The Labute approximate surface area is 107 Å². The van der Waals surface area contributed by atoms with Gasteiger partial charge in [-0.05, 0) is 18.8 Å². The number of alkyl halides is 3. The van der Waals surface area contributed by atoms with Crippen LogP contribution >= 0.6 is 0 Å². The molecule has 1 aliphatic carbocycles. The van der Waals surface area contributed by atoms with Crippen molar-refractivity contribution in [1.29, 1.82) is 0 Å². The van der Waals surface area contributed by atoms with Crippen molar-refractivity contribution in [1.82, 2.24) is 10.1 Å². The molecule has 1 saturated carbocycles. The molecule has 0 amide bonds. The van der Waals surface area contributed by atoms with Crippen molar-refractivity contribution in [2.24, 2.45) is 5.92 Å². The Bertz CT molecular complexity index is 404. The van der Waals surface area contributed by atoms with Crippen LogP contribution in [0.5, 0.6) is 0 Å². The van der Waals surface area contributed by atoms with E-state index in [-0.39, 0.29) is 13.0 Å². The van der Waals surface area contributed by atoms with Crippen LogP contribution in [0, 0.1) is 5.92 Å². The molecule has 1 aliphatic rings. The van der Waals surface area contributed by atoms with Crippen molar-refractivity contribution in [3.63, 3.8) is 0 Å². The minimum Gasteiger partial charge on any atom is -0.392 e. The van der Waals surface area contributed by atoms with Crippen molar-refractivity contribution in [2.45, 2.75) is 38.0 Å². The summed E-state index contributed by atoms with van der Waals surface area (Å²) < 4.78 is 44.8. The molecule has 1 heterocycles. The second kappa shape index (κ2) is 5.87. The zero-order chi connectivity index (χ0) is 13.9. The Morgan fingerprint density at radius 1 is 1.42 bits per heavy atom. The van der Waals surface area contributed by atoms with Crippen LogP contribution < -0.4 is 0 Å². The highest BCUT2D eigenvalue weighted by Crippen LogP contribution is 2.33. The zero-order valence-electron chi connectivity index (χ0n) is 10.2. The summed E-state index contributed by atoms with van der Waals surface area (Å²) >= 11 is 0. The first-order valence-corrected chi connectivity index (χ1v) is 6.08. The van der Waals surface area contributed by atoms with E-state index >= 15 is 0 Å². The maximum absolute atomic E-state index is 11.8. The average Bonchev–Trinajstić information content (AvgIpc) is 3.07. The van der Waals surface area contributed by atoms with E-state index in [1.165, 1.54) is 0 Å². The number of hydrogen-bond donors (Lipinski definition) is 1. The fourth-order valence-corrected chi connectivity index (χ4v) is 1.65. The van der Waals surface area contributed by atoms with Gasteiger partial charge in [0.15, 0.2) is 5.82 Å². The third-order valence-corrected chi connectivity index (χ3v) is 2.80. The lowest BCUT2D eigenvalue weighted by Crippen LogP contribution is -2.18. The van der Waals surface area contributed by atoms with E-state index in [9.17, 15) is 18.3 Å². The van der Waals surface area contributed by atoms with Gasteiger partial charge in [-0.25, -0.2) is 0 Å². The third-order valence-electron chi connectivity index (χ3n) is 2.80. The number of aliphatic hydroxyl groups is 1. The highest BCUT2D eigenvalue weighted by Gasteiger charge is 2.31. The van der Waals surface area contributed by atoms with E-state index in [0.29, 0.717) is 24.1 Å². The van der Waals surface area contributed by atoms with Crippen LogP contribution in [-0.2, 0) is 17.6 Å². The molecular weight excluding hydrogens is 265 g/mol. The largest absolute Gasteiger partial charge is 0.411 e. The maximum atomic E-state index is 11.8. The van der Waals surface area contributed by atoms with Gasteiger partial charge in [-0.3, -0.25) is 0 Å². The van der Waals surface area contributed by atoms with Crippen LogP contribution in [0.4, 0.5) is 13.2 Å². The van der Waals surface area contributed by atoms with Crippen LogP contribution in [-0.4, -0.2) is 40.7 Å². The Morgan fingerprint density at radius 3 is 2.79 bits per heavy atom. The summed E-state index contributed by atoms with van der Waals surface area (Å²) in [5.41, 5.74) is 0. The Kier molecular flexibility index (Phi) is 4.41. The first-order valence-electron chi connectivity index (χ1n) is 6.08. The molecular formula is C11H15F3N2O3. The SMILES string of the molecule is OC(Cc1nc(CCOCC(F)(F)F)no1)C1CC1. The molecule has 8 heteroatoms. The molecule has 2 rings (SSSR count). The molecule has 0 radical (unpaired) electrons. The number of rotatable bonds is 7. The molecule has 1 fully saturated rings. The first-order chi connectivity index (χ1) is 8.94. The fourth-order valence-electron chi connectivity index (χ4n) is 1.65. The van der Waals surface area contributed by atoms with Gasteiger partial charge in [-0.15, -0.1) is 0 Å². The van der Waals surface area contributed by atoms with Crippen molar-refractivity contribution in [3.05, 3.63) is 11.7 Å². The Balaban J connectivity index is 1.68. The molecule has 5 nitrogen and oxygen atoms in total. The van der Waals surface area contributed by atoms with E-state index in [1.807, 2.05) is 0 Å². The van der Waals surface area contributed by atoms with Gasteiger partial charge in [-0.1, -0.05) is 5.16 Å². The lowest BCUT2D eigenvalue weighted by Gasteiger charge is -2.05. The van der Waals surface area contributed by atoms with Gasteiger partial charge in [0, 0.05) is 6.42 Å². The number of halogens is 3. The smallest absolute Gasteiger partial charge is 0.392 e. The monoisotopic (exact) mass is 280 g/mol. The van der Waals surface area contributed by atoms with Gasteiger partial charge in [0.2, 0.25) is 5.89 Å². The van der Waals surface area contributed by atoms with E-state index < -0.39 is 18.9 Å². The first kappa shape index (κ1) is 14.3. The molecule has 0 spiro atoms. The van der Waals surface area contributed by atoms with Crippen LogP contribution in [0.25, 0.3) is 0 Å². The predicted octanol–water partition coefficient (Wildman–Crippen LogP) is 1.50. The van der Waals surface area contributed by atoms with Crippen molar-refractivity contribution < 1.29 is 27.5 Å². The molecule has 0 aromatic carbocycles. The summed E-state index contributed by atoms with van der Waals surface area (Å²) in [6.45, 7) is -1.40. The molecule has 1 atom stereocenters. The second-order valence-electron chi connectivity index (χ2n) is 4.63. The number of aliphatic hydroxyl groups excluding tert-OH is 1. The maximum Gasteiger partial charge on any atom is 0.411 e. The average molecular weight is 280 g/mol. The quantitative estimate of drug-likeness (QED) is 0.767. The van der Waals surface area contributed by atoms with Crippen LogP contribution in [0.15, 0.2) is 4.52 Å². The molecule has 0 aliphatic heterocycles. The lowest BCUT2D eigenvalue weighted by atomic mass is 10.2. The minimum atomic E-state index is -4.32. The minimum absolute atomic E-state index is 0.121. The van der Waals surface area contributed by atoms with Gasteiger partial charge >= 0.3 is 6.18 Å². The highest BCUT2D eigenvalue weighted by atomic mass is 19.4. The van der Waals surface area contributed by atoms with Crippen molar-refractivity contribution in [2.75, 3.05) is 13.2 Å². The molecule has 19 heavy (non-hydrogen) atoms. The van der Waals surface area contributed by atoms with E-state index in [2.05, 4.69) is 14.9 Å². The van der Waals surface area contributed by atoms with E-state index in [0.717, 1.165) is 12.8 Å². The molecule has 1 aromatic heterocycles. The summed E-state index contributed by atoms with van der Waals surface area (Å²) in [6, 6.07) is 0. The molecule has 1 unspecified atom stereocenters. The molecule has 108 valence electrons. The lowest BCUT2D eigenvalue weighted by molar-refractivity contribution is -0.173. The Hall–Kier alpha value is -1.15. The second-order valence-corrected chi connectivity index (χ2v) is 4.63. The standard InChI is InChI=1S/C11H15F3N2O3/c12-11(13,14)6-18-4-3-9-15-10(19-16-9)5-8(17)7-1-2-7/h7-8,17H,1-6H2.